The molecule has 2 fully saturated rings. The molecule has 1 N–H and O–H groups in total. The zero-order valence-corrected chi connectivity index (χ0v) is 16.4. The molecule has 2 saturated heterocycles. The molecule has 1 aromatic carbocycles. The van der Waals surface area contributed by atoms with E-state index in [0.717, 1.165) is 30.5 Å². The Balaban J connectivity index is 1.64. The van der Waals surface area contributed by atoms with Crippen LogP contribution in [0.2, 0.25) is 0 Å². The SMILES string of the molecule is CC(=O)N1CCCc2cc(S(=O)(=O)N3C[C@@H]4CCOC[C@]4(CO)C3)ccc21. The van der Waals surface area contributed by atoms with Crippen LogP contribution in [0, 0.1) is 11.3 Å². The van der Waals surface area contributed by atoms with Crippen molar-refractivity contribution in [2.45, 2.75) is 31.1 Å². The highest BCUT2D eigenvalue weighted by Crippen LogP contribution is 2.43. The van der Waals surface area contributed by atoms with E-state index in [4.69, 9.17) is 4.74 Å². The number of aliphatic hydroxyl groups is 1. The fourth-order valence-corrected chi connectivity index (χ4v) is 6.30. The molecular formula is C19H26N2O5S. The lowest BCUT2D eigenvalue weighted by Crippen LogP contribution is -2.43. The molecule has 0 unspecified atom stereocenters. The maximum absolute atomic E-state index is 13.3. The quantitative estimate of drug-likeness (QED) is 0.827. The summed E-state index contributed by atoms with van der Waals surface area (Å²) in [6, 6.07) is 5.06. The summed E-state index contributed by atoms with van der Waals surface area (Å²) in [6.07, 6.45) is 2.36. The van der Waals surface area contributed by atoms with Crippen molar-refractivity contribution >= 4 is 21.6 Å². The van der Waals surface area contributed by atoms with E-state index in [0.29, 0.717) is 26.3 Å². The summed E-state index contributed by atoms with van der Waals surface area (Å²) in [7, 11) is -3.65. The van der Waals surface area contributed by atoms with E-state index < -0.39 is 15.4 Å². The molecular weight excluding hydrogens is 368 g/mol. The van der Waals surface area contributed by atoms with Gasteiger partial charge in [-0.25, -0.2) is 8.42 Å². The third-order valence-electron chi connectivity index (χ3n) is 6.28. The Morgan fingerprint density at radius 2 is 2.22 bits per heavy atom. The predicted octanol–water partition coefficient (Wildman–Crippen LogP) is 1.01. The fraction of sp³-hybridized carbons (Fsp3) is 0.632. The second kappa shape index (κ2) is 6.84. The van der Waals surface area contributed by atoms with Crippen molar-refractivity contribution < 1.29 is 23.1 Å². The number of benzene rings is 1. The maximum atomic E-state index is 13.3. The number of aryl methyl sites for hydroxylation is 1. The molecule has 7 nitrogen and oxygen atoms in total. The van der Waals surface area contributed by atoms with Crippen LogP contribution in [0.25, 0.3) is 0 Å². The highest BCUT2D eigenvalue weighted by atomic mass is 32.2. The van der Waals surface area contributed by atoms with Gasteiger partial charge in [-0.15, -0.1) is 0 Å². The first kappa shape index (κ1) is 18.9. The number of carbonyl (C=O) groups excluding carboxylic acids is 1. The zero-order valence-electron chi connectivity index (χ0n) is 15.6. The minimum atomic E-state index is -3.65. The minimum Gasteiger partial charge on any atom is -0.396 e. The highest BCUT2D eigenvalue weighted by molar-refractivity contribution is 7.89. The van der Waals surface area contributed by atoms with Gasteiger partial charge in [0.25, 0.3) is 0 Å². The molecule has 0 aliphatic carbocycles. The average Bonchev–Trinajstić information content (AvgIpc) is 3.08. The minimum absolute atomic E-state index is 0.0277. The zero-order chi connectivity index (χ0) is 19.2. The van der Waals surface area contributed by atoms with Crippen LogP contribution in [0.5, 0.6) is 0 Å². The maximum Gasteiger partial charge on any atom is 0.243 e. The van der Waals surface area contributed by atoms with Crippen molar-refractivity contribution in [3.05, 3.63) is 23.8 Å². The van der Waals surface area contributed by atoms with Crippen molar-refractivity contribution in [3.8, 4) is 0 Å². The van der Waals surface area contributed by atoms with Crippen LogP contribution < -0.4 is 4.90 Å². The molecule has 0 radical (unpaired) electrons. The van der Waals surface area contributed by atoms with Gasteiger partial charge in [0.15, 0.2) is 0 Å². The molecule has 148 valence electrons. The molecule has 0 saturated carbocycles. The Morgan fingerprint density at radius 1 is 1.41 bits per heavy atom. The topological polar surface area (TPSA) is 87.2 Å². The Morgan fingerprint density at radius 3 is 2.93 bits per heavy atom. The number of nitrogens with zero attached hydrogens (tertiary/aromatic N) is 2. The molecule has 27 heavy (non-hydrogen) atoms. The number of aliphatic hydroxyl groups excluding tert-OH is 1. The summed E-state index contributed by atoms with van der Waals surface area (Å²) in [5.74, 6) is 0.0944. The third-order valence-corrected chi connectivity index (χ3v) is 8.09. The molecule has 1 amide bonds. The van der Waals surface area contributed by atoms with Gasteiger partial charge in [-0.1, -0.05) is 0 Å². The summed E-state index contributed by atoms with van der Waals surface area (Å²) >= 11 is 0. The second-order valence-electron chi connectivity index (χ2n) is 7.92. The average molecular weight is 394 g/mol. The van der Waals surface area contributed by atoms with E-state index in [1.54, 1.807) is 23.1 Å². The lowest BCUT2D eigenvalue weighted by atomic mass is 9.76. The molecule has 3 heterocycles. The van der Waals surface area contributed by atoms with Crippen molar-refractivity contribution in [2.24, 2.45) is 11.3 Å². The van der Waals surface area contributed by atoms with Crippen molar-refractivity contribution in [3.63, 3.8) is 0 Å². The van der Waals surface area contributed by atoms with Crippen LogP contribution >= 0.6 is 0 Å². The van der Waals surface area contributed by atoms with Gasteiger partial charge < -0.3 is 14.7 Å². The van der Waals surface area contributed by atoms with Crippen molar-refractivity contribution in [1.82, 2.24) is 4.31 Å². The molecule has 0 aromatic heterocycles. The van der Waals surface area contributed by atoms with Crippen LogP contribution in [-0.2, 0) is 26.0 Å². The van der Waals surface area contributed by atoms with E-state index in [1.807, 2.05) is 0 Å². The third kappa shape index (κ3) is 3.08. The Bertz CT molecular complexity index is 856. The van der Waals surface area contributed by atoms with E-state index >= 15 is 0 Å². The number of carbonyl (C=O) groups is 1. The molecule has 2 atom stereocenters. The number of hydrogen-bond acceptors (Lipinski definition) is 5. The first-order chi connectivity index (χ1) is 12.9. The highest BCUT2D eigenvalue weighted by Gasteiger charge is 2.51. The number of fused-ring (bicyclic) bond motifs is 2. The van der Waals surface area contributed by atoms with Crippen LogP contribution in [0.15, 0.2) is 23.1 Å². The number of hydrogen-bond donors (Lipinski definition) is 1. The Hall–Kier alpha value is -1.48. The number of amides is 1. The van der Waals surface area contributed by atoms with E-state index in [-0.39, 0.29) is 29.9 Å². The fourth-order valence-electron chi connectivity index (χ4n) is 4.66. The first-order valence-corrected chi connectivity index (χ1v) is 10.9. The standard InChI is InChI=1S/C19H26N2O5S/c1-14(23)21-7-2-3-15-9-17(4-5-18(15)21)27(24,25)20-10-16-6-8-26-13-19(16,11-20)12-22/h4-5,9,16,22H,2-3,6-8,10-13H2,1H3/t16-,19+/m0/s1. The van der Waals surface area contributed by atoms with Gasteiger partial charge in [0.2, 0.25) is 15.9 Å². The number of ether oxygens (including phenoxy) is 1. The summed E-state index contributed by atoms with van der Waals surface area (Å²) in [4.78, 5) is 13.8. The van der Waals surface area contributed by atoms with Crippen LogP contribution in [0.3, 0.4) is 0 Å². The van der Waals surface area contributed by atoms with Gasteiger partial charge in [-0.3, -0.25) is 4.79 Å². The number of sulfonamides is 1. The van der Waals surface area contributed by atoms with E-state index in [1.165, 1.54) is 11.2 Å². The van der Waals surface area contributed by atoms with Crippen LogP contribution in [0.4, 0.5) is 5.69 Å². The molecule has 8 heteroatoms. The Kier molecular flexibility index (Phi) is 4.78. The molecule has 3 aliphatic heterocycles. The molecule has 0 spiro atoms. The summed E-state index contributed by atoms with van der Waals surface area (Å²) in [5.41, 5.74) is 1.21. The van der Waals surface area contributed by atoms with Gasteiger partial charge in [0.05, 0.1) is 18.1 Å². The van der Waals surface area contributed by atoms with Gasteiger partial charge in [-0.2, -0.15) is 4.31 Å². The van der Waals surface area contributed by atoms with Gasteiger partial charge in [-0.05, 0) is 48.9 Å². The predicted molar refractivity (Wildman–Crippen MR) is 100.0 cm³/mol. The molecule has 3 aliphatic rings. The smallest absolute Gasteiger partial charge is 0.243 e. The summed E-state index contributed by atoms with van der Waals surface area (Å²) in [6.45, 7) is 3.85. The molecule has 4 rings (SSSR count). The first-order valence-electron chi connectivity index (χ1n) is 9.47. The van der Waals surface area contributed by atoms with Crippen molar-refractivity contribution in [1.29, 1.82) is 0 Å². The number of rotatable bonds is 3. The summed E-state index contributed by atoms with van der Waals surface area (Å²) in [5, 5.41) is 9.91. The number of anilines is 1. The lowest BCUT2D eigenvalue weighted by Gasteiger charge is -2.36. The normalized spacial score (nSPS) is 28.7. The van der Waals surface area contributed by atoms with Gasteiger partial charge in [0, 0.05) is 44.3 Å². The lowest BCUT2D eigenvalue weighted by molar-refractivity contribution is -0.116. The van der Waals surface area contributed by atoms with E-state index in [2.05, 4.69) is 0 Å². The Labute approximate surface area is 160 Å². The van der Waals surface area contributed by atoms with Crippen molar-refractivity contribution in [2.75, 3.05) is 44.4 Å². The second-order valence-corrected chi connectivity index (χ2v) is 9.86. The monoisotopic (exact) mass is 394 g/mol. The largest absolute Gasteiger partial charge is 0.396 e. The molecule has 1 aromatic rings. The van der Waals surface area contributed by atoms with Gasteiger partial charge in [0.1, 0.15) is 0 Å². The van der Waals surface area contributed by atoms with E-state index in [9.17, 15) is 18.3 Å². The van der Waals surface area contributed by atoms with Crippen LogP contribution in [-0.4, -0.2) is 63.2 Å². The van der Waals surface area contributed by atoms with Gasteiger partial charge >= 0.3 is 0 Å². The molecule has 0 bridgehead atoms. The van der Waals surface area contributed by atoms with Crippen LogP contribution in [0.1, 0.15) is 25.3 Å². The summed E-state index contributed by atoms with van der Waals surface area (Å²) < 4.78 is 33.6.